The third-order valence-corrected chi connectivity index (χ3v) is 2.85. The first-order chi connectivity index (χ1) is 6.97. The molecule has 0 aliphatic heterocycles. The quantitative estimate of drug-likeness (QED) is 0.828. The summed E-state index contributed by atoms with van der Waals surface area (Å²) in [5, 5.41) is 4.64. The van der Waals surface area contributed by atoms with Gasteiger partial charge in [-0.25, -0.2) is 0 Å². The topological polar surface area (TPSA) is 43.8 Å². The van der Waals surface area contributed by atoms with Crippen LogP contribution in [0.5, 0.6) is 0 Å². The molecule has 0 radical (unpaired) electrons. The number of aromatic nitrogens is 2. The van der Waals surface area contributed by atoms with E-state index in [0.29, 0.717) is 12.0 Å². The normalized spacial score (nSPS) is 15.7. The summed E-state index contributed by atoms with van der Waals surface area (Å²) in [5.74, 6) is 0.466. The Bertz CT molecular complexity index is 313. The smallest absolute Gasteiger partial charge is 0.0653 e. The van der Waals surface area contributed by atoms with E-state index in [2.05, 4.69) is 43.5 Å². The molecule has 0 bridgehead atoms. The average molecular weight is 209 g/mol. The van der Waals surface area contributed by atoms with Gasteiger partial charge in [0.15, 0.2) is 0 Å². The molecule has 0 spiro atoms. The van der Waals surface area contributed by atoms with Crippen molar-refractivity contribution in [1.82, 2.24) is 9.78 Å². The van der Waals surface area contributed by atoms with Crippen molar-refractivity contribution in [3.8, 4) is 0 Å². The second-order valence-corrected chi connectivity index (χ2v) is 4.64. The highest BCUT2D eigenvalue weighted by Gasteiger charge is 2.16. The molecular formula is C12H23N3. The van der Waals surface area contributed by atoms with Crippen LogP contribution < -0.4 is 5.73 Å². The van der Waals surface area contributed by atoms with Crippen LogP contribution in [0.3, 0.4) is 0 Å². The fourth-order valence-corrected chi connectivity index (χ4v) is 1.58. The summed E-state index contributed by atoms with van der Waals surface area (Å²) in [6, 6.07) is 2.62. The molecule has 2 N–H and O–H groups in total. The van der Waals surface area contributed by atoms with E-state index in [1.807, 2.05) is 6.92 Å². The minimum Gasteiger partial charge on any atom is -0.323 e. The van der Waals surface area contributed by atoms with Gasteiger partial charge in [-0.2, -0.15) is 5.10 Å². The molecule has 0 amide bonds. The molecule has 2 atom stereocenters. The first kappa shape index (κ1) is 12.2. The van der Waals surface area contributed by atoms with Crippen LogP contribution in [0.25, 0.3) is 0 Å². The molecule has 1 unspecified atom stereocenters. The summed E-state index contributed by atoms with van der Waals surface area (Å²) in [7, 11) is 0. The third kappa shape index (κ3) is 2.59. The minimum atomic E-state index is 0.0546. The predicted molar refractivity (Wildman–Crippen MR) is 63.9 cm³/mol. The van der Waals surface area contributed by atoms with Gasteiger partial charge in [0, 0.05) is 12.1 Å². The zero-order valence-corrected chi connectivity index (χ0v) is 10.5. The van der Waals surface area contributed by atoms with E-state index in [1.54, 1.807) is 0 Å². The number of hydrogen-bond donors (Lipinski definition) is 1. The molecule has 15 heavy (non-hydrogen) atoms. The highest BCUT2D eigenvalue weighted by molar-refractivity contribution is 5.16. The van der Waals surface area contributed by atoms with Crippen molar-refractivity contribution in [3.63, 3.8) is 0 Å². The van der Waals surface area contributed by atoms with E-state index in [9.17, 15) is 0 Å². The van der Waals surface area contributed by atoms with Crippen molar-refractivity contribution in [2.45, 2.75) is 59.0 Å². The van der Waals surface area contributed by atoms with Gasteiger partial charge in [-0.15, -0.1) is 0 Å². The number of hydrogen-bond acceptors (Lipinski definition) is 2. The molecule has 1 heterocycles. The lowest BCUT2D eigenvalue weighted by atomic mass is 10.1. The first-order valence-electron chi connectivity index (χ1n) is 5.82. The molecule has 1 aromatic heterocycles. The molecule has 1 rings (SSSR count). The lowest BCUT2D eigenvalue weighted by Gasteiger charge is -2.15. The van der Waals surface area contributed by atoms with Crippen LogP contribution in [0.4, 0.5) is 0 Å². The lowest BCUT2D eigenvalue weighted by Crippen LogP contribution is -2.16. The molecular weight excluding hydrogens is 186 g/mol. The number of nitrogens with two attached hydrogens (primary N) is 1. The predicted octanol–water partition coefficient (Wildman–Crippen LogP) is 3.00. The summed E-state index contributed by atoms with van der Waals surface area (Å²) < 4.78 is 2.08. The Morgan fingerprint density at radius 1 is 1.33 bits per heavy atom. The fraction of sp³-hybridized carbons (Fsp3) is 0.750. The van der Waals surface area contributed by atoms with Crippen LogP contribution in [-0.2, 0) is 0 Å². The second-order valence-electron chi connectivity index (χ2n) is 4.64. The summed E-state index contributed by atoms with van der Waals surface area (Å²) >= 11 is 0. The molecule has 1 aromatic rings. The van der Waals surface area contributed by atoms with Crippen LogP contribution in [0.2, 0.25) is 0 Å². The van der Waals surface area contributed by atoms with Gasteiger partial charge >= 0.3 is 0 Å². The van der Waals surface area contributed by atoms with Gasteiger partial charge in [0.25, 0.3) is 0 Å². The Morgan fingerprint density at radius 3 is 2.33 bits per heavy atom. The van der Waals surface area contributed by atoms with Gasteiger partial charge in [-0.1, -0.05) is 20.8 Å². The van der Waals surface area contributed by atoms with Crippen LogP contribution in [0, 0.1) is 0 Å². The summed E-state index contributed by atoms with van der Waals surface area (Å²) in [6.45, 7) is 10.7. The SMILES string of the molecule is CCC(C)n1nc(C(C)C)cc1[C@@H](C)N. The molecule has 0 fully saturated rings. The molecule has 3 heteroatoms. The van der Waals surface area contributed by atoms with Gasteiger partial charge < -0.3 is 5.73 Å². The van der Waals surface area contributed by atoms with Gasteiger partial charge in [0.2, 0.25) is 0 Å². The minimum absolute atomic E-state index is 0.0546. The fourth-order valence-electron chi connectivity index (χ4n) is 1.58. The van der Waals surface area contributed by atoms with Gasteiger partial charge in [-0.3, -0.25) is 4.68 Å². The third-order valence-electron chi connectivity index (χ3n) is 2.85. The molecule has 3 nitrogen and oxygen atoms in total. The monoisotopic (exact) mass is 209 g/mol. The maximum Gasteiger partial charge on any atom is 0.0653 e. The van der Waals surface area contributed by atoms with Crippen molar-refractivity contribution in [2.24, 2.45) is 5.73 Å². The highest BCUT2D eigenvalue weighted by Crippen LogP contribution is 2.22. The Hall–Kier alpha value is -0.830. The summed E-state index contributed by atoms with van der Waals surface area (Å²) in [5.41, 5.74) is 8.25. The average Bonchev–Trinajstić information content (AvgIpc) is 2.61. The Labute approximate surface area is 92.7 Å². The first-order valence-corrected chi connectivity index (χ1v) is 5.82. The zero-order chi connectivity index (χ0) is 11.6. The van der Waals surface area contributed by atoms with Gasteiger partial charge in [0.05, 0.1) is 11.4 Å². The Balaban J connectivity index is 3.11. The van der Waals surface area contributed by atoms with E-state index in [-0.39, 0.29) is 6.04 Å². The van der Waals surface area contributed by atoms with E-state index in [1.165, 1.54) is 0 Å². The summed E-state index contributed by atoms with van der Waals surface area (Å²) in [4.78, 5) is 0. The van der Waals surface area contributed by atoms with Gasteiger partial charge in [-0.05, 0) is 32.3 Å². The van der Waals surface area contributed by atoms with Crippen LogP contribution in [-0.4, -0.2) is 9.78 Å². The van der Waals surface area contributed by atoms with Crippen molar-refractivity contribution in [3.05, 3.63) is 17.5 Å². The Kier molecular flexibility index (Phi) is 3.91. The van der Waals surface area contributed by atoms with Crippen molar-refractivity contribution < 1.29 is 0 Å². The van der Waals surface area contributed by atoms with Crippen LogP contribution in [0.1, 0.15) is 70.4 Å². The van der Waals surface area contributed by atoms with Crippen molar-refractivity contribution in [1.29, 1.82) is 0 Å². The standard InChI is InChI=1S/C12H23N3/c1-6-9(4)15-12(10(5)13)7-11(14-15)8(2)3/h7-10H,6,13H2,1-5H3/t9?,10-/m1/s1. The van der Waals surface area contributed by atoms with Gasteiger partial charge in [0.1, 0.15) is 0 Å². The molecule has 86 valence electrons. The number of nitrogens with zero attached hydrogens (tertiary/aromatic N) is 2. The van der Waals surface area contributed by atoms with Crippen LogP contribution >= 0.6 is 0 Å². The molecule has 0 aliphatic carbocycles. The maximum atomic E-state index is 5.96. The van der Waals surface area contributed by atoms with E-state index in [4.69, 9.17) is 5.73 Å². The van der Waals surface area contributed by atoms with E-state index in [0.717, 1.165) is 17.8 Å². The Morgan fingerprint density at radius 2 is 1.93 bits per heavy atom. The highest BCUT2D eigenvalue weighted by atomic mass is 15.3. The summed E-state index contributed by atoms with van der Waals surface area (Å²) in [6.07, 6.45) is 1.08. The molecule has 0 aliphatic rings. The van der Waals surface area contributed by atoms with E-state index < -0.39 is 0 Å². The van der Waals surface area contributed by atoms with Crippen LogP contribution in [0.15, 0.2) is 6.07 Å². The second kappa shape index (κ2) is 4.79. The number of rotatable bonds is 4. The molecule has 0 aromatic carbocycles. The largest absolute Gasteiger partial charge is 0.323 e. The zero-order valence-electron chi connectivity index (χ0n) is 10.5. The maximum absolute atomic E-state index is 5.96. The van der Waals surface area contributed by atoms with E-state index >= 15 is 0 Å². The molecule has 0 saturated heterocycles. The molecule has 0 saturated carbocycles. The lowest BCUT2D eigenvalue weighted by molar-refractivity contribution is 0.445. The van der Waals surface area contributed by atoms with Crippen molar-refractivity contribution in [2.75, 3.05) is 0 Å². The van der Waals surface area contributed by atoms with Crippen molar-refractivity contribution >= 4 is 0 Å².